The second-order valence-electron chi connectivity index (χ2n) is 3.75. The van der Waals surface area contributed by atoms with Crippen molar-refractivity contribution < 1.29 is 8.78 Å². The maximum Gasteiger partial charge on any atom is 0.129 e. The Morgan fingerprint density at radius 2 is 1.79 bits per heavy atom. The molecule has 1 atom stereocenters. The van der Waals surface area contributed by atoms with Crippen molar-refractivity contribution in [2.45, 2.75) is 33.1 Å². The van der Waals surface area contributed by atoms with E-state index >= 15 is 0 Å². The third kappa shape index (κ3) is 2.79. The molecule has 0 aliphatic carbocycles. The van der Waals surface area contributed by atoms with Gasteiger partial charge in [-0.05, 0) is 30.9 Å². The van der Waals surface area contributed by atoms with E-state index in [-0.39, 0.29) is 5.56 Å². The van der Waals surface area contributed by atoms with Gasteiger partial charge in [0.15, 0.2) is 0 Å². The average molecular weight is 198 g/mol. The van der Waals surface area contributed by atoms with Crippen LogP contribution in [0.3, 0.4) is 0 Å². The quantitative estimate of drug-likeness (QED) is 0.687. The van der Waals surface area contributed by atoms with E-state index in [1.165, 1.54) is 18.2 Å². The number of hydrogen-bond donors (Lipinski definition) is 0. The molecule has 0 saturated heterocycles. The van der Waals surface area contributed by atoms with Crippen LogP contribution < -0.4 is 0 Å². The minimum absolute atomic E-state index is 0.229. The van der Waals surface area contributed by atoms with Gasteiger partial charge in [0.1, 0.15) is 11.6 Å². The van der Waals surface area contributed by atoms with Crippen molar-refractivity contribution in [2.75, 3.05) is 0 Å². The lowest BCUT2D eigenvalue weighted by atomic mass is 9.98. The van der Waals surface area contributed by atoms with E-state index in [0.29, 0.717) is 12.3 Å². The van der Waals surface area contributed by atoms with E-state index in [1.807, 2.05) is 0 Å². The van der Waals surface area contributed by atoms with Gasteiger partial charge in [0, 0.05) is 5.56 Å². The molecule has 14 heavy (non-hydrogen) atoms. The molecule has 0 nitrogen and oxygen atoms in total. The first-order valence-electron chi connectivity index (χ1n) is 5.08. The van der Waals surface area contributed by atoms with Crippen LogP contribution in [0.5, 0.6) is 0 Å². The minimum atomic E-state index is -0.423. The molecule has 0 bridgehead atoms. The minimum Gasteiger partial charge on any atom is -0.207 e. The van der Waals surface area contributed by atoms with Crippen LogP contribution in [0, 0.1) is 17.6 Å². The SMILES string of the molecule is CC[C@H](C)CCc1c(F)cccc1F. The van der Waals surface area contributed by atoms with Gasteiger partial charge in [0.25, 0.3) is 0 Å². The summed E-state index contributed by atoms with van der Waals surface area (Å²) in [7, 11) is 0. The molecule has 0 aliphatic heterocycles. The highest BCUT2D eigenvalue weighted by atomic mass is 19.1. The normalized spacial score (nSPS) is 12.9. The summed E-state index contributed by atoms with van der Waals surface area (Å²) in [4.78, 5) is 0. The van der Waals surface area contributed by atoms with Crippen molar-refractivity contribution in [1.82, 2.24) is 0 Å². The topological polar surface area (TPSA) is 0 Å². The van der Waals surface area contributed by atoms with Crippen LogP contribution in [0.25, 0.3) is 0 Å². The Morgan fingerprint density at radius 3 is 2.29 bits per heavy atom. The summed E-state index contributed by atoms with van der Waals surface area (Å²) >= 11 is 0. The summed E-state index contributed by atoms with van der Waals surface area (Å²) in [6.07, 6.45) is 2.39. The number of hydrogen-bond acceptors (Lipinski definition) is 0. The average Bonchev–Trinajstić information content (AvgIpc) is 2.16. The molecule has 1 aromatic rings. The lowest BCUT2D eigenvalue weighted by Gasteiger charge is -2.09. The smallest absolute Gasteiger partial charge is 0.129 e. The van der Waals surface area contributed by atoms with Crippen LogP contribution in [0.2, 0.25) is 0 Å². The summed E-state index contributed by atoms with van der Waals surface area (Å²) in [6.45, 7) is 4.18. The zero-order valence-corrected chi connectivity index (χ0v) is 8.69. The fraction of sp³-hybridized carbons (Fsp3) is 0.500. The zero-order valence-electron chi connectivity index (χ0n) is 8.69. The maximum atomic E-state index is 13.2. The van der Waals surface area contributed by atoms with Crippen LogP contribution >= 0.6 is 0 Å². The Labute approximate surface area is 84.0 Å². The zero-order chi connectivity index (χ0) is 10.6. The van der Waals surface area contributed by atoms with Crippen molar-refractivity contribution in [3.05, 3.63) is 35.4 Å². The first-order valence-corrected chi connectivity index (χ1v) is 5.08. The second-order valence-corrected chi connectivity index (χ2v) is 3.75. The predicted molar refractivity (Wildman–Crippen MR) is 54.1 cm³/mol. The molecule has 0 fully saturated rings. The van der Waals surface area contributed by atoms with Crippen LogP contribution in [0.4, 0.5) is 8.78 Å². The molecule has 78 valence electrons. The van der Waals surface area contributed by atoms with Gasteiger partial charge >= 0.3 is 0 Å². The van der Waals surface area contributed by atoms with Gasteiger partial charge in [-0.15, -0.1) is 0 Å². The van der Waals surface area contributed by atoms with Gasteiger partial charge in [-0.3, -0.25) is 0 Å². The van der Waals surface area contributed by atoms with Gasteiger partial charge in [0.2, 0.25) is 0 Å². The standard InChI is InChI=1S/C12H16F2/c1-3-9(2)7-8-10-11(13)5-4-6-12(10)14/h4-6,9H,3,7-8H2,1-2H3/t9-/m0/s1. The van der Waals surface area contributed by atoms with Gasteiger partial charge < -0.3 is 0 Å². The van der Waals surface area contributed by atoms with Gasteiger partial charge in [0.05, 0.1) is 0 Å². The molecule has 0 aliphatic rings. The lowest BCUT2D eigenvalue weighted by molar-refractivity contribution is 0.489. The molecule has 0 spiro atoms. The Balaban J connectivity index is 2.66. The number of rotatable bonds is 4. The molecule has 0 aromatic heterocycles. The molecule has 0 saturated carbocycles. The fourth-order valence-electron chi connectivity index (χ4n) is 1.37. The number of benzene rings is 1. The Kier molecular flexibility index (Phi) is 4.05. The third-order valence-corrected chi connectivity index (χ3v) is 2.65. The van der Waals surface area contributed by atoms with E-state index in [1.54, 1.807) is 0 Å². The molecule has 0 amide bonds. The summed E-state index contributed by atoms with van der Waals surface area (Å²) in [6, 6.07) is 4.03. The molecular weight excluding hydrogens is 182 g/mol. The van der Waals surface area contributed by atoms with Crippen molar-refractivity contribution in [1.29, 1.82) is 0 Å². The van der Waals surface area contributed by atoms with Crippen molar-refractivity contribution in [2.24, 2.45) is 5.92 Å². The molecule has 0 unspecified atom stereocenters. The van der Waals surface area contributed by atoms with E-state index in [0.717, 1.165) is 12.8 Å². The highest BCUT2D eigenvalue weighted by Crippen LogP contribution is 2.17. The highest BCUT2D eigenvalue weighted by molar-refractivity contribution is 5.19. The lowest BCUT2D eigenvalue weighted by Crippen LogP contribution is -2.00. The fourth-order valence-corrected chi connectivity index (χ4v) is 1.37. The molecule has 2 heteroatoms. The highest BCUT2D eigenvalue weighted by Gasteiger charge is 2.09. The van der Waals surface area contributed by atoms with E-state index in [9.17, 15) is 8.78 Å². The second kappa shape index (κ2) is 5.08. The summed E-state index contributed by atoms with van der Waals surface area (Å²) in [5.74, 6) is -0.324. The van der Waals surface area contributed by atoms with E-state index in [4.69, 9.17) is 0 Å². The molecule has 0 radical (unpaired) electrons. The molecular formula is C12H16F2. The van der Waals surface area contributed by atoms with E-state index in [2.05, 4.69) is 13.8 Å². The largest absolute Gasteiger partial charge is 0.207 e. The van der Waals surface area contributed by atoms with Gasteiger partial charge in [-0.2, -0.15) is 0 Å². The monoisotopic (exact) mass is 198 g/mol. The van der Waals surface area contributed by atoms with Crippen LogP contribution in [-0.2, 0) is 6.42 Å². The molecule has 0 heterocycles. The predicted octanol–water partition coefficient (Wildman–Crippen LogP) is 3.94. The van der Waals surface area contributed by atoms with Crippen LogP contribution in [0.1, 0.15) is 32.3 Å². The van der Waals surface area contributed by atoms with Crippen molar-refractivity contribution >= 4 is 0 Å². The van der Waals surface area contributed by atoms with Crippen LogP contribution in [0.15, 0.2) is 18.2 Å². The first kappa shape index (κ1) is 11.2. The molecule has 0 N–H and O–H groups in total. The summed E-state index contributed by atoms with van der Waals surface area (Å²) in [5, 5.41) is 0. The Bertz CT molecular complexity index is 274. The third-order valence-electron chi connectivity index (χ3n) is 2.65. The van der Waals surface area contributed by atoms with E-state index < -0.39 is 11.6 Å². The van der Waals surface area contributed by atoms with Crippen LogP contribution in [-0.4, -0.2) is 0 Å². The molecule has 1 rings (SSSR count). The van der Waals surface area contributed by atoms with Crippen molar-refractivity contribution in [3.63, 3.8) is 0 Å². The Morgan fingerprint density at radius 1 is 1.21 bits per heavy atom. The van der Waals surface area contributed by atoms with Gasteiger partial charge in [-0.25, -0.2) is 8.78 Å². The summed E-state index contributed by atoms with van der Waals surface area (Å²) < 4.78 is 26.3. The van der Waals surface area contributed by atoms with Crippen molar-refractivity contribution in [3.8, 4) is 0 Å². The molecule has 1 aromatic carbocycles. The maximum absolute atomic E-state index is 13.2. The Hall–Kier alpha value is -0.920. The number of halogens is 2. The summed E-state index contributed by atoms with van der Waals surface area (Å²) in [5.41, 5.74) is 0.229. The first-order chi connectivity index (χ1) is 6.65. The van der Waals surface area contributed by atoms with Gasteiger partial charge in [-0.1, -0.05) is 26.3 Å².